The monoisotopic (exact) mass is 292 g/mol. The van der Waals surface area contributed by atoms with Crippen LogP contribution in [-0.4, -0.2) is 45.7 Å². The Hall–Kier alpha value is -1.99. The van der Waals surface area contributed by atoms with Gasteiger partial charge in [-0.05, 0) is 18.6 Å². The van der Waals surface area contributed by atoms with E-state index in [1.807, 2.05) is 0 Å². The topological polar surface area (TPSA) is 62.5 Å². The van der Waals surface area contributed by atoms with E-state index in [-0.39, 0.29) is 12.2 Å². The van der Waals surface area contributed by atoms with E-state index < -0.39 is 31.1 Å². The first-order valence-electron chi connectivity index (χ1n) is 5.97. The SMILES string of the molecule is CCCN(CC(F)(F)F)C(=O)Cn1cccc1C(=O)O. The Balaban J connectivity index is 2.80. The van der Waals surface area contributed by atoms with E-state index in [2.05, 4.69) is 0 Å². The van der Waals surface area contributed by atoms with Crippen LogP contribution in [0.15, 0.2) is 18.3 Å². The van der Waals surface area contributed by atoms with Crippen molar-refractivity contribution in [2.45, 2.75) is 26.1 Å². The first kappa shape index (κ1) is 16.1. The van der Waals surface area contributed by atoms with E-state index in [9.17, 15) is 22.8 Å². The maximum absolute atomic E-state index is 12.4. The number of hydrogen-bond acceptors (Lipinski definition) is 2. The molecule has 8 heteroatoms. The van der Waals surface area contributed by atoms with Crippen LogP contribution in [0.3, 0.4) is 0 Å². The number of rotatable bonds is 6. The van der Waals surface area contributed by atoms with Crippen molar-refractivity contribution < 1.29 is 27.9 Å². The quantitative estimate of drug-likeness (QED) is 0.872. The van der Waals surface area contributed by atoms with Crippen molar-refractivity contribution in [3.63, 3.8) is 0 Å². The normalized spacial score (nSPS) is 11.4. The number of hydrogen-bond donors (Lipinski definition) is 1. The van der Waals surface area contributed by atoms with Gasteiger partial charge in [-0.2, -0.15) is 13.2 Å². The fourth-order valence-electron chi connectivity index (χ4n) is 1.77. The fraction of sp³-hybridized carbons (Fsp3) is 0.500. The number of amides is 1. The van der Waals surface area contributed by atoms with Crippen molar-refractivity contribution in [1.82, 2.24) is 9.47 Å². The van der Waals surface area contributed by atoms with Crippen molar-refractivity contribution in [3.8, 4) is 0 Å². The van der Waals surface area contributed by atoms with Gasteiger partial charge in [0, 0.05) is 12.7 Å². The molecule has 112 valence electrons. The van der Waals surface area contributed by atoms with Gasteiger partial charge in [0.25, 0.3) is 0 Å². The summed E-state index contributed by atoms with van der Waals surface area (Å²) in [6.45, 7) is -0.120. The lowest BCUT2D eigenvalue weighted by Gasteiger charge is -2.23. The summed E-state index contributed by atoms with van der Waals surface area (Å²) in [6, 6.07) is 2.70. The van der Waals surface area contributed by atoms with Crippen molar-refractivity contribution in [2.75, 3.05) is 13.1 Å². The highest BCUT2D eigenvalue weighted by Crippen LogP contribution is 2.17. The second kappa shape index (κ2) is 6.44. The van der Waals surface area contributed by atoms with Crippen LogP contribution in [0.1, 0.15) is 23.8 Å². The third-order valence-corrected chi connectivity index (χ3v) is 2.57. The number of aromatic nitrogens is 1. The standard InChI is InChI=1S/C12H15F3N2O3/c1-2-5-17(8-12(13,14)15)10(18)7-16-6-3-4-9(16)11(19)20/h3-4,6H,2,5,7-8H2,1H3,(H,19,20). The molecule has 0 aliphatic carbocycles. The molecule has 0 saturated carbocycles. The zero-order valence-corrected chi connectivity index (χ0v) is 10.9. The van der Waals surface area contributed by atoms with E-state index in [1.165, 1.54) is 18.3 Å². The van der Waals surface area contributed by atoms with Crippen molar-refractivity contribution in [2.24, 2.45) is 0 Å². The average molecular weight is 292 g/mol. The van der Waals surface area contributed by atoms with Crippen LogP contribution in [0.5, 0.6) is 0 Å². The molecule has 1 N–H and O–H groups in total. The molecule has 1 aromatic rings. The number of aromatic carboxylic acids is 1. The van der Waals surface area contributed by atoms with E-state index in [1.54, 1.807) is 6.92 Å². The summed E-state index contributed by atoms with van der Waals surface area (Å²) in [5, 5.41) is 8.87. The molecular formula is C12H15F3N2O3. The van der Waals surface area contributed by atoms with Crippen LogP contribution in [0.2, 0.25) is 0 Å². The minimum absolute atomic E-state index is 0.0258. The molecule has 1 heterocycles. The average Bonchev–Trinajstić information content (AvgIpc) is 2.74. The number of carboxylic acids is 1. The van der Waals surface area contributed by atoms with Gasteiger partial charge in [-0.25, -0.2) is 4.79 Å². The summed E-state index contributed by atoms with van der Waals surface area (Å²) in [6.07, 6.45) is -2.74. The Bertz CT molecular complexity index is 483. The molecule has 0 saturated heterocycles. The second-order valence-electron chi connectivity index (χ2n) is 4.26. The van der Waals surface area contributed by atoms with E-state index >= 15 is 0 Å². The molecule has 0 spiro atoms. The van der Waals surface area contributed by atoms with Crippen LogP contribution in [-0.2, 0) is 11.3 Å². The van der Waals surface area contributed by atoms with Gasteiger partial charge in [0.15, 0.2) is 0 Å². The molecule has 5 nitrogen and oxygen atoms in total. The predicted octanol–water partition coefficient (Wildman–Crippen LogP) is 1.99. The second-order valence-corrected chi connectivity index (χ2v) is 4.26. The van der Waals surface area contributed by atoms with Crippen LogP contribution in [0.4, 0.5) is 13.2 Å². The van der Waals surface area contributed by atoms with Gasteiger partial charge in [-0.3, -0.25) is 4.79 Å². The lowest BCUT2D eigenvalue weighted by atomic mass is 10.3. The number of halogens is 3. The molecule has 0 bridgehead atoms. The molecule has 0 aliphatic heterocycles. The maximum atomic E-state index is 12.4. The molecule has 20 heavy (non-hydrogen) atoms. The lowest BCUT2D eigenvalue weighted by molar-refractivity contribution is -0.161. The smallest absolute Gasteiger partial charge is 0.406 e. The third-order valence-electron chi connectivity index (χ3n) is 2.57. The van der Waals surface area contributed by atoms with Crippen molar-refractivity contribution >= 4 is 11.9 Å². The summed E-state index contributed by atoms with van der Waals surface area (Å²) in [4.78, 5) is 23.4. The lowest BCUT2D eigenvalue weighted by Crippen LogP contribution is -2.41. The Kier molecular flexibility index (Phi) is 5.18. The number of nitrogens with zero attached hydrogens (tertiary/aromatic N) is 2. The molecule has 0 aliphatic rings. The molecule has 1 rings (SSSR count). The summed E-state index contributed by atoms with van der Waals surface area (Å²) in [5.74, 6) is -2.00. The van der Waals surface area contributed by atoms with Gasteiger partial charge in [-0.15, -0.1) is 0 Å². The first-order chi connectivity index (χ1) is 9.24. The molecule has 1 amide bonds. The molecule has 0 radical (unpaired) electrons. The van der Waals surface area contributed by atoms with E-state index in [0.717, 1.165) is 4.57 Å². The Morgan fingerprint density at radius 1 is 1.40 bits per heavy atom. The summed E-state index contributed by atoms with van der Waals surface area (Å²) < 4.78 is 38.3. The van der Waals surface area contributed by atoms with Gasteiger partial charge in [-0.1, -0.05) is 6.92 Å². The van der Waals surface area contributed by atoms with Gasteiger partial charge in [0.05, 0.1) is 0 Å². The van der Waals surface area contributed by atoms with Crippen LogP contribution in [0.25, 0.3) is 0 Å². The Morgan fingerprint density at radius 3 is 2.55 bits per heavy atom. The number of carbonyl (C=O) groups excluding carboxylic acids is 1. The van der Waals surface area contributed by atoms with Crippen molar-refractivity contribution in [1.29, 1.82) is 0 Å². The van der Waals surface area contributed by atoms with Gasteiger partial charge >= 0.3 is 12.1 Å². The van der Waals surface area contributed by atoms with Gasteiger partial charge < -0.3 is 14.6 Å². The summed E-state index contributed by atoms with van der Waals surface area (Å²) in [5.41, 5.74) is -0.137. The van der Waals surface area contributed by atoms with Crippen LogP contribution < -0.4 is 0 Å². The summed E-state index contributed by atoms with van der Waals surface area (Å²) >= 11 is 0. The fourth-order valence-corrected chi connectivity index (χ4v) is 1.77. The highest BCUT2D eigenvalue weighted by molar-refractivity contribution is 5.86. The molecule has 1 aromatic heterocycles. The zero-order valence-electron chi connectivity index (χ0n) is 10.9. The number of carbonyl (C=O) groups is 2. The molecular weight excluding hydrogens is 277 g/mol. The first-order valence-corrected chi connectivity index (χ1v) is 5.97. The van der Waals surface area contributed by atoms with E-state index in [0.29, 0.717) is 11.3 Å². The molecule has 0 unspecified atom stereocenters. The molecule has 0 atom stereocenters. The van der Waals surface area contributed by atoms with Gasteiger partial charge in [0.1, 0.15) is 18.8 Å². The largest absolute Gasteiger partial charge is 0.477 e. The number of alkyl halides is 3. The number of carboxylic acid groups (broad SMARTS) is 1. The van der Waals surface area contributed by atoms with Crippen molar-refractivity contribution in [3.05, 3.63) is 24.0 Å². The Morgan fingerprint density at radius 2 is 2.05 bits per heavy atom. The third kappa shape index (κ3) is 4.60. The zero-order chi connectivity index (χ0) is 15.3. The van der Waals surface area contributed by atoms with Crippen LogP contribution in [0, 0.1) is 0 Å². The van der Waals surface area contributed by atoms with Gasteiger partial charge in [0.2, 0.25) is 5.91 Å². The minimum atomic E-state index is -4.48. The Labute approximate surface area is 113 Å². The molecule has 0 aromatic carbocycles. The van der Waals surface area contributed by atoms with E-state index in [4.69, 9.17) is 5.11 Å². The highest BCUT2D eigenvalue weighted by Gasteiger charge is 2.32. The van der Waals surface area contributed by atoms with Crippen LogP contribution >= 0.6 is 0 Å². The predicted molar refractivity (Wildman–Crippen MR) is 64.3 cm³/mol. The maximum Gasteiger partial charge on any atom is 0.406 e. The minimum Gasteiger partial charge on any atom is -0.477 e. The summed E-state index contributed by atoms with van der Waals surface area (Å²) in [7, 11) is 0. The molecule has 0 fully saturated rings. The highest BCUT2D eigenvalue weighted by atomic mass is 19.4.